The van der Waals surface area contributed by atoms with E-state index in [4.69, 9.17) is 0 Å². The summed E-state index contributed by atoms with van der Waals surface area (Å²) in [5.41, 5.74) is 0. The van der Waals surface area contributed by atoms with E-state index in [0.717, 1.165) is 6.42 Å². The molecule has 0 saturated carbocycles. The van der Waals surface area contributed by atoms with Gasteiger partial charge in [0.25, 0.3) is 0 Å². The molecule has 1 unspecified atom stereocenters. The summed E-state index contributed by atoms with van der Waals surface area (Å²) in [6, 6.07) is 0. The normalized spacial score (nSPS) is 16.7. The zero-order valence-electron chi connectivity index (χ0n) is 5.55. The Balaban J connectivity index is 3.38. The molecule has 0 heterocycles. The standard InChI is InChI=1S/C4H9ClFO3P/c1-2-3-4-8-10(6,7)9-5/h2-4H2,1H3. The van der Waals surface area contributed by atoms with Gasteiger partial charge in [0.1, 0.15) is 0 Å². The highest BCUT2D eigenvalue weighted by Gasteiger charge is 2.22. The summed E-state index contributed by atoms with van der Waals surface area (Å²) in [6.07, 6.45) is 1.47. The van der Waals surface area contributed by atoms with E-state index in [9.17, 15) is 8.76 Å². The van der Waals surface area contributed by atoms with Crippen molar-refractivity contribution in [2.75, 3.05) is 6.61 Å². The molecule has 0 aliphatic carbocycles. The predicted octanol–water partition coefficient (Wildman–Crippen LogP) is 3.05. The van der Waals surface area contributed by atoms with Crippen molar-refractivity contribution in [3.05, 3.63) is 0 Å². The summed E-state index contributed by atoms with van der Waals surface area (Å²) >= 11 is 4.51. The number of halogens is 2. The van der Waals surface area contributed by atoms with Crippen LogP contribution in [0.3, 0.4) is 0 Å². The smallest absolute Gasteiger partial charge is 0.283 e. The van der Waals surface area contributed by atoms with Gasteiger partial charge in [-0.2, -0.15) is 4.08 Å². The molecule has 0 fully saturated rings. The van der Waals surface area contributed by atoms with Crippen molar-refractivity contribution in [2.24, 2.45) is 0 Å². The molecule has 6 heteroatoms. The number of unbranched alkanes of at least 4 members (excludes halogenated alkanes) is 1. The fourth-order valence-corrected chi connectivity index (χ4v) is 0.844. The first-order chi connectivity index (χ1) is 4.62. The molecule has 0 N–H and O–H groups in total. The van der Waals surface area contributed by atoms with Crippen molar-refractivity contribution in [3.63, 3.8) is 0 Å². The fraction of sp³-hybridized carbons (Fsp3) is 1.00. The molecule has 0 aromatic carbocycles. The highest BCUT2D eigenvalue weighted by atomic mass is 35.5. The molecule has 0 bridgehead atoms. The van der Waals surface area contributed by atoms with Crippen molar-refractivity contribution < 1.29 is 17.4 Å². The van der Waals surface area contributed by atoms with Gasteiger partial charge in [-0.05, 0) is 6.42 Å². The maximum Gasteiger partial charge on any atom is 0.529 e. The van der Waals surface area contributed by atoms with Crippen LogP contribution in [-0.4, -0.2) is 6.61 Å². The average molecular weight is 191 g/mol. The van der Waals surface area contributed by atoms with Gasteiger partial charge in [0.2, 0.25) is 0 Å². The molecule has 0 saturated heterocycles. The minimum Gasteiger partial charge on any atom is -0.283 e. The SMILES string of the molecule is CCCCOP(=O)(F)OCl. The predicted molar refractivity (Wildman–Crippen MR) is 36.5 cm³/mol. The van der Waals surface area contributed by atoms with Crippen molar-refractivity contribution in [2.45, 2.75) is 19.8 Å². The summed E-state index contributed by atoms with van der Waals surface area (Å²) in [7, 11) is -4.44. The summed E-state index contributed by atoms with van der Waals surface area (Å²) < 4.78 is 29.9. The summed E-state index contributed by atoms with van der Waals surface area (Å²) in [4.78, 5) is 0. The van der Waals surface area contributed by atoms with E-state index in [2.05, 4.69) is 20.5 Å². The van der Waals surface area contributed by atoms with Gasteiger partial charge in [0.15, 0.2) is 0 Å². The van der Waals surface area contributed by atoms with Gasteiger partial charge in [-0.25, -0.2) is 4.57 Å². The Kier molecular flexibility index (Phi) is 5.27. The maximum absolute atomic E-state index is 12.1. The van der Waals surface area contributed by atoms with Crippen molar-refractivity contribution in [1.82, 2.24) is 0 Å². The molecule has 3 nitrogen and oxygen atoms in total. The first-order valence-electron chi connectivity index (χ1n) is 2.87. The lowest BCUT2D eigenvalue weighted by Gasteiger charge is -2.02. The van der Waals surface area contributed by atoms with Crippen LogP contribution in [0, 0.1) is 0 Å². The Labute approximate surface area is 64.3 Å². The zero-order chi connectivity index (χ0) is 8.04. The van der Waals surface area contributed by atoms with E-state index in [1.807, 2.05) is 6.92 Å². The Bertz CT molecular complexity index is 132. The van der Waals surface area contributed by atoms with Gasteiger partial charge < -0.3 is 0 Å². The average Bonchev–Trinajstić information content (AvgIpc) is 1.89. The first-order valence-corrected chi connectivity index (χ1v) is 4.61. The second-order valence-corrected chi connectivity index (χ2v) is 3.36. The largest absolute Gasteiger partial charge is 0.529 e. The van der Waals surface area contributed by atoms with Gasteiger partial charge >= 0.3 is 7.91 Å². The Morgan fingerprint density at radius 2 is 2.30 bits per heavy atom. The van der Waals surface area contributed by atoms with E-state index in [1.165, 1.54) is 0 Å². The lowest BCUT2D eigenvalue weighted by molar-refractivity contribution is 0.234. The molecule has 0 radical (unpaired) electrons. The monoisotopic (exact) mass is 190 g/mol. The highest BCUT2D eigenvalue weighted by molar-refractivity contribution is 7.49. The van der Waals surface area contributed by atoms with Crippen LogP contribution in [0.2, 0.25) is 0 Å². The quantitative estimate of drug-likeness (QED) is 0.494. The molecule has 0 aromatic rings. The van der Waals surface area contributed by atoms with E-state index in [-0.39, 0.29) is 6.61 Å². The highest BCUT2D eigenvalue weighted by Crippen LogP contribution is 2.51. The molecule has 0 amide bonds. The molecule has 0 spiro atoms. The minimum absolute atomic E-state index is 0.0665. The Morgan fingerprint density at radius 3 is 2.70 bits per heavy atom. The van der Waals surface area contributed by atoms with Crippen molar-refractivity contribution in [3.8, 4) is 0 Å². The number of rotatable bonds is 5. The number of hydrogen-bond acceptors (Lipinski definition) is 3. The van der Waals surface area contributed by atoms with Crippen LogP contribution >= 0.6 is 19.8 Å². The molecular weight excluding hydrogens is 181 g/mol. The summed E-state index contributed by atoms with van der Waals surface area (Å²) in [5, 5.41) is 0. The maximum atomic E-state index is 12.1. The van der Waals surface area contributed by atoms with E-state index in [1.54, 1.807) is 0 Å². The molecule has 0 rings (SSSR count). The van der Waals surface area contributed by atoms with E-state index in [0.29, 0.717) is 6.42 Å². The minimum atomic E-state index is -4.44. The van der Waals surface area contributed by atoms with Crippen LogP contribution in [0.1, 0.15) is 19.8 Å². The van der Waals surface area contributed by atoms with Crippen molar-refractivity contribution >= 4 is 19.8 Å². The van der Waals surface area contributed by atoms with Gasteiger partial charge in [-0.3, -0.25) is 4.52 Å². The summed E-state index contributed by atoms with van der Waals surface area (Å²) in [5.74, 6) is 0. The van der Waals surface area contributed by atoms with E-state index >= 15 is 0 Å². The van der Waals surface area contributed by atoms with Crippen molar-refractivity contribution in [1.29, 1.82) is 0 Å². The molecule has 62 valence electrons. The number of hydrogen-bond donors (Lipinski definition) is 0. The lowest BCUT2D eigenvalue weighted by atomic mass is 10.4. The van der Waals surface area contributed by atoms with Crippen LogP contribution in [0.5, 0.6) is 0 Å². The van der Waals surface area contributed by atoms with Crippen LogP contribution in [0.4, 0.5) is 4.20 Å². The third-order valence-corrected chi connectivity index (χ3v) is 1.98. The van der Waals surface area contributed by atoms with Crippen LogP contribution < -0.4 is 0 Å². The fourth-order valence-electron chi connectivity index (χ4n) is 0.338. The van der Waals surface area contributed by atoms with E-state index < -0.39 is 7.91 Å². The Hall–Kier alpha value is 0.370. The zero-order valence-corrected chi connectivity index (χ0v) is 7.20. The van der Waals surface area contributed by atoms with Gasteiger partial charge in [0.05, 0.1) is 18.5 Å². The lowest BCUT2D eigenvalue weighted by Crippen LogP contribution is -1.88. The molecule has 0 aromatic heterocycles. The Morgan fingerprint density at radius 1 is 1.70 bits per heavy atom. The molecule has 1 atom stereocenters. The molecule has 10 heavy (non-hydrogen) atoms. The summed E-state index contributed by atoms with van der Waals surface area (Å²) in [6.45, 7) is 1.96. The van der Waals surface area contributed by atoms with Gasteiger partial charge in [0, 0.05) is 0 Å². The van der Waals surface area contributed by atoms with Gasteiger partial charge in [-0.15, -0.1) is 4.20 Å². The second kappa shape index (κ2) is 5.08. The first kappa shape index (κ1) is 10.4. The van der Waals surface area contributed by atoms with Crippen LogP contribution in [0.25, 0.3) is 0 Å². The van der Waals surface area contributed by atoms with Gasteiger partial charge in [-0.1, -0.05) is 13.3 Å². The molecule has 0 aliphatic heterocycles. The molecular formula is C4H9ClFO3P. The second-order valence-electron chi connectivity index (χ2n) is 1.69. The third-order valence-electron chi connectivity index (χ3n) is 0.826. The van der Waals surface area contributed by atoms with Crippen LogP contribution in [-0.2, 0) is 13.2 Å². The van der Waals surface area contributed by atoms with Crippen LogP contribution in [0.15, 0.2) is 0 Å². The molecule has 0 aliphatic rings. The topological polar surface area (TPSA) is 35.5 Å². The third kappa shape index (κ3) is 5.18.